The quantitative estimate of drug-likeness (QED) is 0.646. The van der Waals surface area contributed by atoms with Crippen LogP contribution < -0.4 is 5.32 Å². The van der Waals surface area contributed by atoms with Gasteiger partial charge in [-0.2, -0.15) is 0 Å². The Balaban J connectivity index is 2.47. The highest BCUT2D eigenvalue weighted by Gasteiger charge is 2.32. The molecule has 5 nitrogen and oxygen atoms in total. The third-order valence-electron chi connectivity index (χ3n) is 2.99. The lowest BCUT2D eigenvalue weighted by molar-refractivity contribution is -0.134. The van der Waals surface area contributed by atoms with E-state index in [1.54, 1.807) is 19.1 Å². The van der Waals surface area contributed by atoms with Gasteiger partial charge in [0, 0.05) is 20.7 Å². The van der Waals surface area contributed by atoms with Gasteiger partial charge in [0.2, 0.25) is 5.91 Å². The first-order valence-corrected chi connectivity index (χ1v) is 5.23. The van der Waals surface area contributed by atoms with E-state index in [1.165, 1.54) is 0 Å². The van der Waals surface area contributed by atoms with E-state index in [9.17, 15) is 4.79 Å². The molecule has 0 bridgehead atoms. The molecule has 0 radical (unpaired) electrons. The first kappa shape index (κ1) is 12.4. The molecule has 1 saturated heterocycles. The fourth-order valence-corrected chi connectivity index (χ4v) is 1.66. The van der Waals surface area contributed by atoms with E-state index in [2.05, 4.69) is 5.32 Å². The topological polar surface area (TPSA) is 61.8 Å². The van der Waals surface area contributed by atoms with Crippen molar-refractivity contribution in [2.75, 3.05) is 27.3 Å². The zero-order valence-electron chi connectivity index (χ0n) is 9.56. The second kappa shape index (κ2) is 5.44. The number of nitrogens with one attached hydrogen (secondary N) is 1. The van der Waals surface area contributed by atoms with Crippen LogP contribution in [0.25, 0.3) is 0 Å². The Kier molecular flexibility index (Phi) is 4.50. The van der Waals surface area contributed by atoms with Gasteiger partial charge < -0.3 is 20.1 Å². The maximum Gasteiger partial charge on any atom is 0.239 e. The molecule has 1 aliphatic rings. The van der Waals surface area contributed by atoms with Crippen LogP contribution in [0.1, 0.15) is 13.3 Å². The zero-order chi connectivity index (χ0) is 11.4. The zero-order valence-corrected chi connectivity index (χ0v) is 9.56. The molecule has 88 valence electrons. The SMILES string of the molecule is COC1CNC(C(=O)N(C)C(C)CO)C1. The summed E-state index contributed by atoms with van der Waals surface area (Å²) in [4.78, 5) is 13.5. The fourth-order valence-electron chi connectivity index (χ4n) is 1.66. The van der Waals surface area contributed by atoms with E-state index in [4.69, 9.17) is 9.84 Å². The Morgan fingerprint density at radius 2 is 2.40 bits per heavy atom. The largest absolute Gasteiger partial charge is 0.394 e. The number of nitrogens with zero attached hydrogens (tertiary/aromatic N) is 1. The van der Waals surface area contributed by atoms with Crippen molar-refractivity contribution in [3.8, 4) is 0 Å². The molecule has 0 spiro atoms. The number of aliphatic hydroxyl groups is 1. The van der Waals surface area contributed by atoms with E-state index in [0.717, 1.165) is 0 Å². The number of methoxy groups -OCH3 is 1. The van der Waals surface area contributed by atoms with Gasteiger partial charge in [0.05, 0.1) is 24.8 Å². The predicted molar refractivity (Wildman–Crippen MR) is 56.5 cm³/mol. The molecule has 15 heavy (non-hydrogen) atoms. The van der Waals surface area contributed by atoms with Crippen LogP contribution in [0.15, 0.2) is 0 Å². The van der Waals surface area contributed by atoms with Crippen LogP contribution >= 0.6 is 0 Å². The van der Waals surface area contributed by atoms with Crippen LogP contribution in [-0.4, -0.2) is 61.4 Å². The molecule has 1 fully saturated rings. The maximum atomic E-state index is 11.9. The number of likely N-dealkylation sites (N-methyl/N-ethyl adjacent to an activating group) is 1. The number of rotatable bonds is 4. The molecule has 3 atom stereocenters. The highest BCUT2D eigenvalue weighted by molar-refractivity contribution is 5.82. The fraction of sp³-hybridized carbons (Fsp3) is 0.900. The molecule has 0 saturated carbocycles. The van der Waals surface area contributed by atoms with Crippen LogP contribution in [0.5, 0.6) is 0 Å². The Labute approximate surface area is 90.4 Å². The molecule has 1 rings (SSSR count). The summed E-state index contributed by atoms with van der Waals surface area (Å²) in [6, 6.07) is -0.310. The normalized spacial score (nSPS) is 27.7. The van der Waals surface area contributed by atoms with E-state index >= 15 is 0 Å². The van der Waals surface area contributed by atoms with Gasteiger partial charge in [-0.25, -0.2) is 0 Å². The summed E-state index contributed by atoms with van der Waals surface area (Å²) in [6.45, 7) is 2.53. The number of aliphatic hydroxyl groups excluding tert-OH is 1. The molecule has 0 aliphatic carbocycles. The van der Waals surface area contributed by atoms with Crippen LogP contribution in [0, 0.1) is 0 Å². The molecule has 3 unspecified atom stereocenters. The Morgan fingerprint density at radius 1 is 1.73 bits per heavy atom. The second-order valence-corrected chi connectivity index (χ2v) is 4.03. The van der Waals surface area contributed by atoms with Gasteiger partial charge in [-0.15, -0.1) is 0 Å². The molecular weight excluding hydrogens is 196 g/mol. The molecule has 5 heteroatoms. The number of hydrogen-bond donors (Lipinski definition) is 2. The lowest BCUT2D eigenvalue weighted by Gasteiger charge is -2.26. The van der Waals surface area contributed by atoms with E-state index < -0.39 is 0 Å². The molecule has 0 aromatic heterocycles. The highest BCUT2D eigenvalue weighted by atomic mass is 16.5. The van der Waals surface area contributed by atoms with E-state index in [-0.39, 0.29) is 30.7 Å². The number of carbonyl (C=O) groups excluding carboxylic acids is 1. The third kappa shape index (κ3) is 2.90. The van der Waals surface area contributed by atoms with Crippen molar-refractivity contribution in [1.29, 1.82) is 0 Å². The van der Waals surface area contributed by atoms with Crippen molar-refractivity contribution in [3.63, 3.8) is 0 Å². The lowest BCUT2D eigenvalue weighted by atomic mass is 10.1. The average Bonchev–Trinajstić information content (AvgIpc) is 2.74. The molecule has 0 aromatic carbocycles. The minimum Gasteiger partial charge on any atom is -0.394 e. The predicted octanol–water partition coefficient (Wildman–Crippen LogP) is -0.797. The van der Waals surface area contributed by atoms with Gasteiger partial charge in [-0.05, 0) is 13.3 Å². The monoisotopic (exact) mass is 216 g/mol. The Morgan fingerprint density at radius 3 is 2.87 bits per heavy atom. The number of amides is 1. The second-order valence-electron chi connectivity index (χ2n) is 4.03. The van der Waals surface area contributed by atoms with Gasteiger partial charge in [0.1, 0.15) is 0 Å². The summed E-state index contributed by atoms with van der Waals surface area (Å²) in [5.41, 5.74) is 0. The summed E-state index contributed by atoms with van der Waals surface area (Å²) >= 11 is 0. The smallest absolute Gasteiger partial charge is 0.239 e. The summed E-state index contributed by atoms with van der Waals surface area (Å²) in [5, 5.41) is 12.1. The number of carbonyl (C=O) groups is 1. The summed E-state index contributed by atoms with van der Waals surface area (Å²) in [5.74, 6) is 0.0242. The minimum atomic E-state index is -0.172. The molecular formula is C10H20N2O3. The van der Waals surface area contributed by atoms with Crippen LogP contribution in [-0.2, 0) is 9.53 Å². The Hall–Kier alpha value is -0.650. The molecule has 1 heterocycles. The van der Waals surface area contributed by atoms with Crippen molar-refractivity contribution in [3.05, 3.63) is 0 Å². The van der Waals surface area contributed by atoms with Crippen molar-refractivity contribution in [2.45, 2.75) is 31.5 Å². The maximum absolute atomic E-state index is 11.9. The minimum absolute atomic E-state index is 0.0112. The first-order valence-electron chi connectivity index (χ1n) is 5.23. The van der Waals surface area contributed by atoms with E-state index in [0.29, 0.717) is 13.0 Å². The number of hydrogen-bond acceptors (Lipinski definition) is 4. The van der Waals surface area contributed by atoms with Gasteiger partial charge >= 0.3 is 0 Å². The van der Waals surface area contributed by atoms with Crippen molar-refractivity contribution in [2.24, 2.45) is 0 Å². The van der Waals surface area contributed by atoms with Gasteiger partial charge in [-0.1, -0.05) is 0 Å². The van der Waals surface area contributed by atoms with Crippen LogP contribution in [0.2, 0.25) is 0 Å². The highest BCUT2D eigenvalue weighted by Crippen LogP contribution is 2.12. The molecule has 2 N–H and O–H groups in total. The lowest BCUT2D eigenvalue weighted by Crippen LogP contribution is -2.46. The molecule has 1 amide bonds. The molecule has 0 aromatic rings. The van der Waals surface area contributed by atoms with Gasteiger partial charge in [0.15, 0.2) is 0 Å². The standard InChI is InChI=1S/C10H20N2O3/c1-7(6-13)12(2)10(14)9-4-8(15-3)5-11-9/h7-9,11,13H,4-6H2,1-3H3. The average molecular weight is 216 g/mol. The van der Waals surface area contributed by atoms with Crippen molar-refractivity contribution in [1.82, 2.24) is 10.2 Å². The molecule has 1 aliphatic heterocycles. The van der Waals surface area contributed by atoms with Crippen LogP contribution in [0.4, 0.5) is 0 Å². The summed E-state index contributed by atoms with van der Waals surface area (Å²) < 4.78 is 5.18. The Bertz CT molecular complexity index is 223. The summed E-state index contributed by atoms with van der Waals surface area (Å²) in [7, 11) is 3.37. The van der Waals surface area contributed by atoms with Crippen molar-refractivity contribution >= 4 is 5.91 Å². The van der Waals surface area contributed by atoms with Gasteiger partial charge in [-0.3, -0.25) is 4.79 Å². The van der Waals surface area contributed by atoms with Crippen molar-refractivity contribution < 1.29 is 14.6 Å². The third-order valence-corrected chi connectivity index (χ3v) is 2.99. The number of ether oxygens (including phenoxy) is 1. The van der Waals surface area contributed by atoms with Crippen LogP contribution in [0.3, 0.4) is 0 Å². The first-order chi connectivity index (χ1) is 7.10. The summed E-state index contributed by atoms with van der Waals surface area (Å²) in [6.07, 6.45) is 0.828. The van der Waals surface area contributed by atoms with E-state index in [1.807, 2.05) is 6.92 Å². The van der Waals surface area contributed by atoms with Gasteiger partial charge in [0.25, 0.3) is 0 Å².